The van der Waals surface area contributed by atoms with E-state index in [0.29, 0.717) is 12.1 Å². The molecule has 94 valence electrons. The molecule has 1 aromatic carbocycles. The summed E-state index contributed by atoms with van der Waals surface area (Å²) in [5.74, 6) is -0.0732. The zero-order chi connectivity index (χ0) is 13.0. The van der Waals surface area contributed by atoms with E-state index in [4.69, 9.17) is 5.11 Å². The fourth-order valence-corrected chi connectivity index (χ4v) is 1.73. The molecule has 0 aliphatic carbocycles. The van der Waals surface area contributed by atoms with Gasteiger partial charge in [-0.3, -0.25) is 9.78 Å². The summed E-state index contributed by atoms with van der Waals surface area (Å²) in [6, 6.07) is 9.17. The maximum Gasteiger partial charge on any atom is 0.251 e. The van der Waals surface area contributed by atoms with Crippen LogP contribution in [0.25, 0.3) is 10.9 Å². The number of pyridine rings is 1. The van der Waals surface area contributed by atoms with E-state index < -0.39 is 0 Å². The monoisotopic (exact) mass is 244 g/mol. The lowest BCUT2D eigenvalue weighted by Gasteiger charge is -2.10. The number of fused-ring (bicyclic) bond motifs is 1. The minimum absolute atomic E-state index is 0.0575. The number of hydrogen-bond donors (Lipinski definition) is 2. The Kier molecular flexibility index (Phi) is 3.89. The number of nitrogens with zero attached hydrogens (tertiary/aromatic N) is 1. The van der Waals surface area contributed by atoms with E-state index >= 15 is 0 Å². The van der Waals surface area contributed by atoms with Crippen LogP contribution in [0.15, 0.2) is 36.5 Å². The molecule has 2 aromatic rings. The van der Waals surface area contributed by atoms with Gasteiger partial charge >= 0.3 is 0 Å². The van der Waals surface area contributed by atoms with Gasteiger partial charge in [-0.1, -0.05) is 19.1 Å². The number of hydrogen-bond acceptors (Lipinski definition) is 3. The zero-order valence-electron chi connectivity index (χ0n) is 10.3. The summed E-state index contributed by atoms with van der Waals surface area (Å²) < 4.78 is 0. The molecule has 2 rings (SSSR count). The summed E-state index contributed by atoms with van der Waals surface area (Å²) in [5, 5.41) is 12.6. The smallest absolute Gasteiger partial charge is 0.251 e. The van der Waals surface area contributed by atoms with E-state index in [1.165, 1.54) is 0 Å². The molecule has 0 saturated heterocycles. The molecule has 4 nitrogen and oxygen atoms in total. The highest BCUT2D eigenvalue weighted by atomic mass is 16.3. The van der Waals surface area contributed by atoms with E-state index in [2.05, 4.69) is 10.3 Å². The molecule has 0 aliphatic heterocycles. The molecular weight excluding hydrogens is 228 g/mol. The lowest BCUT2D eigenvalue weighted by atomic mass is 10.1. The van der Waals surface area contributed by atoms with Crippen molar-refractivity contribution >= 4 is 16.8 Å². The molecule has 1 heterocycles. The van der Waals surface area contributed by atoms with E-state index in [-0.39, 0.29) is 18.4 Å². The summed E-state index contributed by atoms with van der Waals surface area (Å²) >= 11 is 0. The van der Waals surface area contributed by atoms with Gasteiger partial charge in [-0.15, -0.1) is 0 Å². The first-order valence-electron chi connectivity index (χ1n) is 5.95. The Balaban J connectivity index is 2.22. The minimum Gasteiger partial charge on any atom is -0.396 e. The number of rotatable bonds is 4. The standard InChI is InChI=1S/C14H16N2O2/c1-10(9-17)8-16-14(18)12-4-2-6-13-11(12)5-3-7-15-13/h2-7,10,17H,8-9H2,1H3,(H,16,18). The lowest BCUT2D eigenvalue weighted by molar-refractivity contribution is 0.0944. The van der Waals surface area contributed by atoms with Gasteiger partial charge in [0.2, 0.25) is 0 Å². The third-order valence-electron chi connectivity index (χ3n) is 2.81. The van der Waals surface area contributed by atoms with Gasteiger partial charge < -0.3 is 10.4 Å². The molecule has 1 unspecified atom stereocenters. The molecule has 1 atom stereocenters. The quantitative estimate of drug-likeness (QED) is 0.858. The Morgan fingerprint density at radius 3 is 3.00 bits per heavy atom. The van der Waals surface area contributed by atoms with Crippen molar-refractivity contribution < 1.29 is 9.90 Å². The molecule has 0 fully saturated rings. The fraction of sp³-hybridized carbons (Fsp3) is 0.286. The SMILES string of the molecule is CC(CO)CNC(=O)c1cccc2ncccc12. The van der Waals surface area contributed by atoms with Gasteiger partial charge in [-0.05, 0) is 24.1 Å². The second-order valence-electron chi connectivity index (χ2n) is 4.37. The molecule has 0 spiro atoms. The first kappa shape index (κ1) is 12.5. The second-order valence-corrected chi connectivity index (χ2v) is 4.37. The molecule has 0 aliphatic rings. The number of carbonyl (C=O) groups excluding carboxylic acids is 1. The number of nitrogens with one attached hydrogen (secondary N) is 1. The van der Waals surface area contributed by atoms with E-state index in [1.54, 1.807) is 12.3 Å². The van der Waals surface area contributed by atoms with Crippen LogP contribution in [0.1, 0.15) is 17.3 Å². The molecule has 1 aromatic heterocycles. The van der Waals surface area contributed by atoms with Gasteiger partial charge in [0.1, 0.15) is 0 Å². The zero-order valence-corrected chi connectivity index (χ0v) is 10.3. The van der Waals surface area contributed by atoms with Crippen molar-refractivity contribution in [3.8, 4) is 0 Å². The van der Waals surface area contributed by atoms with Gasteiger partial charge in [0, 0.05) is 30.3 Å². The second kappa shape index (κ2) is 5.60. The van der Waals surface area contributed by atoms with Crippen molar-refractivity contribution in [1.29, 1.82) is 0 Å². The molecule has 0 saturated carbocycles. The van der Waals surface area contributed by atoms with Crippen LogP contribution in [0.4, 0.5) is 0 Å². The van der Waals surface area contributed by atoms with Crippen LogP contribution < -0.4 is 5.32 Å². The van der Waals surface area contributed by atoms with Crippen LogP contribution in [0.2, 0.25) is 0 Å². The normalized spacial score (nSPS) is 12.3. The minimum atomic E-state index is -0.131. The average Bonchev–Trinajstić information content (AvgIpc) is 2.43. The van der Waals surface area contributed by atoms with Gasteiger partial charge in [0.25, 0.3) is 5.91 Å². The molecule has 18 heavy (non-hydrogen) atoms. The van der Waals surface area contributed by atoms with Crippen molar-refractivity contribution in [2.45, 2.75) is 6.92 Å². The average molecular weight is 244 g/mol. The summed E-state index contributed by atoms with van der Waals surface area (Å²) in [4.78, 5) is 16.3. The van der Waals surface area contributed by atoms with Crippen LogP contribution >= 0.6 is 0 Å². The number of aliphatic hydroxyl groups excluding tert-OH is 1. The molecule has 2 N–H and O–H groups in total. The molecule has 0 bridgehead atoms. The maximum absolute atomic E-state index is 12.1. The van der Waals surface area contributed by atoms with E-state index in [1.807, 2.05) is 31.2 Å². The van der Waals surface area contributed by atoms with E-state index in [9.17, 15) is 4.79 Å². The van der Waals surface area contributed by atoms with Crippen LogP contribution in [-0.4, -0.2) is 29.1 Å². The number of aliphatic hydroxyl groups is 1. The van der Waals surface area contributed by atoms with Crippen molar-refractivity contribution in [2.75, 3.05) is 13.2 Å². The Morgan fingerprint density at radius 2 is 2.22 bits per heavy atom. The maximum atomic E-state index is 12.1. The highest BCUT2D eigenvalue weighted by Crippen LogP contribution is 2.16. The number of carbonyl (C=O) groups is 1. The predicted octanol–water partition coefficient (Wildman–Crippen LogP) is 1.59. The first-order valence-corrected chi connectivity index (χ1v) is 5.95. The van der Waals surface area contributed by atoms with Gasteiger partial charge in [-0.25, -0.2) is 0 Å². The number of amides is 1. The Bertz CT molecular complexity index is 549. The fourth-order valence-electron chi connectivity index (χ4n) is 1.73. The molecule has 0 radical (unpaired) electrons. The van der Waals surface area contributed by atoms with E-state index in [0.717, 1.165) is 10.9 Å². The topological polar surface area (TPSA) is 62.2 Å². The molecular formula is C14H16N2O2. The van der Waals surface area contributed by atoms with Crippen LogP contribution in [0, 0.1) is 5.92 Å². The van der Waals surface area contributed by atoms with Crippen molar-refractivity contribution in [3.05, 3.63) is 42.1 Å². The Labute approximate surface area is 106 Å². The van der Waals surface area contributed by atoms with Crippen molar-refractivity contribution in [1.82, 2.24) is 10.3 Å². The third-order valence-corrected chi connectivity index (χ3v) is 2.81. The van der Waals surface area contributed by atoms with Gasteiger partial charge in [0.15, 0.2) is 0 Å². The largest absolute Gasteiger partial charge is 0.396 e. The summed E-state index contributed by atoms with van der Waals surface area (Å²) in [6.45, 7) is 2.41. The number of benzene rings is 1. The summed E-state index contributed by atoms with van der Waals surface area (Å²) in [7, 11) is 0. The number of aromatic nitrogens is 1. The summed E-state index contributed by atoms with van der Waals surface area (Å²) in [5.41, 5.74) is 1.42. The van der Waals surface area contributed by atoms with Gasteiger partial charge in [-0.2, -0.15) is 0 Å². The van der Waals surface area contributed by atoms with Crippen molar-refractivity contribution in [3.63, 3.8) is 0 Å². The van der Waals surface area contributed by atoms with Crippen molar-refractivity contribution in [2.24, 2.45) is 5.92 Å². The Morgan fingerprint density at radius 1 is 1.39 bits per heavy atom. The van der Waals surface area contributed by atoms with Gasteiger partial charge in [0.05, 0.1) is 5.52 Å². The van der Waals surface area contributed by atoms with Crippen LogP contribution in [0.3, 0.4) is 0 Å². The Hall–Kier alpha value is -1.94. The first-order chi connectivity index (χ1) is 8.72. The predicted molar refractivity (Wildman–Crippen MR) is 70.3 cm³/mol. The highest BCUT2D eigenvalue weighted by molar-refractivity contribution is 6.06. The molecule has 4 heteroatoms. The lowest BCUT2D eigenvalue weighted by Crippen LogP contribution is -2.29. The summed E-state index contributed by atoms with van der Waals surface area (Å²) in [6.07, 6.45) is 1.71. The van der Waals surface area contributed by atoms with Crippen LogP contribution in [-0.2, 0) is 0 Å². The van der Waals surface area contributed by atoms with Crippen LogP contribution in [0.5, 0.6) is 0 Å². The highest BCUT2D eigenvalue weighted by Gasteiger charge is 2.10. The molecule has 1 amide bonds. The third kappa shape index (κ3) is 2.65.